The lowest BCUT2D eigenvalue weighted by Crippen LogP contribution is -2.42. The van der Waals surface area contributed by atoms with Crippen LogP contribution in [0.5, 0.6) is 5.75 Å². The molecule has 0 bridgehead atoms. The Morgan fingerprint density at radius 3 is 2.33 bits per heavy atom. The minimum atomic E-state index is -0.0443. The molecule has 2 N–H and O–H groups in total. The van der Waals surface area contributed by atoms with E-state index in [1.807, 2.05) is 67.6 Å². The van der Waals surface area contributed by atoms with Crippen molar-refractivity contribution < 1.29 is 9.53 Å². The first kappa shape index (κ1) is 22.9. The molecule has 1 saturated heterocycles. The summed E-state index contributed by atoms with van der Waals surface area (Å²) in [6.45, 7) is 4.83. The number of piperidine rings is 1. The van der Waals surface area contributed by atoms with Gasteiger partial charge in [0, 0.05) is 42.5 Å². The van der Waals surface area contributed by atoms with E-state index in [2.05, 4.69) is 33.7 Å². The van der Waals surface area contributed by atoms with Gasteiger partial charge in [0.2, 0.25) is 0 Å². The maximum absolute atomic E-state index is 12.7. The van der Waals surface area contributed by atoms with Crippen LogP contribution in [0.1, 0.15) is 47.3 Å². The van der Waals surface area contributed by atoms with E-state index >= 15 is 0 Å². The van der Waals surface area contributed by atoms with Crippen LogP contribution in [0.25, 0.3) is 0 Å². The molecule has 0 spiro atoms. The second-order valence-electron chi connectivity index (χ2n) is 8.61. The second-order valence-corrected chi connectivity index (χ2v) is 8.61. The summed E-state index contributed by atoms with van der Waals surface area (Å²) in [6.07, 6.45) is 2.18. The summed E-state index contributed by atoms with van der Waals surface area (Å²) in [7, 11) is 1.72. The van der Waals surface area contributed by atoms with Crippen molar-refractivity contribution in [3.63, 3.8) is 0 Å². The molecule has 1 amide bonds. The van der Waals surface area contributed by atoms with Crippen LogP contribution >= 0.6 is 0 Å². The van der Waals surface area contributed by atoms with Crippen LogP contribution in [0.2, 0.25) is 0 Å². The van der Waals surface area contributed by atoms with Crippen molar-refractivity contribution in [1.29, 1.82) is 0 Å². The van der Waals surface area contributed by atoms with Crippen molar-refractivity contribution in [1.82, 2.24) is 10.6 Å². The van der Waals surface area contributed by atoms with Gasteiger partial charge >= 0.3 is 0 Å². The van der Waals surface area contributed by atoms with Gasteiger partial charge in [-0.25, -0.2) is 0 Å². The summed E-state index contributed by atoms with van der Waals surface area (Å²) in [5, 5.41) is 6.76. The van der Waals surface area contributed by atoms with Crippen molar-refractivity contribution in [3.8, 4) is 5.75 Å². The highest BCUT2D eigenvalue weighted by Gasteiger charge is 2.20. The summed E-state index contributed by atoms with van der Waals surface area (Å²) in [5.41, 5.74) is 4.16. The Bertz CT molecular complexity index is 1030. The minimum Gasteiger partial charge on any atom is -0.496 e. The number of hydrogen-bond donors (Lipinski definition) is 2. The summed E-state index contributed by atoms with van der Waals surface area (Å²) >= 11 is 0. The van der Waals surface area contributed by atoms with Gasteiger partial charge in [0.15, 0.2) is 0 Å². The van der Waals surface area contributed by atoms with Crippen molar-refractivity contribution in [2.75, 3.05) is 25.1 Å². The Labute approximate surface area is 196 Å². The largest absolute Gasteiger partial charge is 0.496 e. The van der Waals surface area contributed by atoms with Crippen LogP contribution in [0.4, 0.5) is 5.69 Å². The Morgan fingerprint density at radius 2 is 1.64 bits per heavy atom. The van der Waals surface area contributed by atoms with E-state index in [0.717, 1.165) is 43.8 Å². The number of rotatable bonds is 8. The summed E-state index contributed by atoms with van der Waals surface area (Å²) in [6, 6.07) is 26.6. The molecule has 1 aliphatic rings. The molecule has 1 atom stereocenters. The lowest BCUT2D eigenvalue weighted by Gasteiger charge is -2.34. The fourth-order valence-electron chi connectivity index (χ4n) is 4.37. The van der Waals surface area contributed by atoms with E-state index in [-0.39, 0.29) is 11.9 Å². The molecule has 0 aliphatic carbocycles. The molecule has 33 heavy (non-hydrogen) atoms. The summed E-state index contributed by atoms with van der Waals surface area (Å²) < 4.78 is 5.45. The zero-order valence-electron chi connectivity index (χ0n) is 19.5. The first-order valence-corrected chi connectivity index (χ1v) is 11.7. The predicted molar refractivity (Wildman–Crippen MR) is 134 cm³/mol. The van der Waals surface area contributed by atoms with E-state index in [1.165, 1.54) is 11.3 Å². The van der Waals surface area contributed by atoms with Gasteiger partial charge < -0.3 is 20.3 Å². The monoisotopic (exact) mass is 443 g/mol. The Hall–Kier alpha value is -3.31. The average molecular weight is 444 g/mol. The SMILES string of the molecule is COc1ccccc1CNC1CCN(c2ccc(C(=O)NC(C)c3ccccc3)cc2)CC1. The molecule has 3 aromatic rings. The van der Waals surface area contributed by atoms with Crippen molar-refractivity contribution in [2.45, 2.75) is 38.4 Å². The fraction of sp³-hybridized carbons (Fsp3) is 0.321. The number of nitrogens with one attached hydrogen (secondary N) is 2. The molecule has 1 unspecified atom stereocenters. The summed E-state index contributed by atoms with van der Waals surface area (Å²) in [4.78, 5) is 15.1. The van der Waals surface area contributed by atoms with Gasteiger partial charge in [-0.1, -0.05) is 48.5 Å². The second kappa shape index (κ2) is 11.0. The maximum atomic E-state index is 12.7. The van der Waals surface area contributed by atoms with Gasteiger partial charge in [0.25, 0.3) is 5.91 Å². The Balaban J connectivity index is 1.26. The Morgan fingerprint density at radius 1 is 0.970 bits per heavy atom. The molecular weight excluding hydrogens is 410 g/mol. The molecule has 5 heteroatoms. The molecule has 1 aliphatic heterocycles. The first-order chi connectivity index (χ1) is 16.1. The average Bonchev–Trinajstić information content (AvgIpc) is 2.88. The molecule has 0 aromatic heterocycles. The Kier molecular flexibility index (Phi) is 7.63. The zero-order valence-corrected chi connectivity index (χ0v) is 19.5. The van der Waals surface area contributed by atoms with E-state index < -0.39 is 0 Å². The van der Waals surface area contributed by atoms with Crippen LogP contribution in [-0.4, -0.2) is 32.1 Å². The van der Waals surface area contributed by atoms with Crippen molar-refractivity contribution >= 4 is 11.6 Å². The number of nitrogens with zero attached hydrogens (tertiary/aromatic N) is 1. The molecule has 5 nitrogen and oxygen atoms in total. The quantitative estimate of drug-likeness (QED) is 0.518. The number of para-hydroxylation sites is 1. The van der Waals surface area contributed by atoms with Gasteiger partial charge in [-0.05, 0) is 55.7 Å². The molecule has 172 valence electrons. The number of hydrogen-bond acceptors (Lipinski definition) is 4. The first-order valence-electron chi connectivity index (χ1n) is 11.7. The van der Waals surface area contributed by atoms with Crippen LogP contribution in [0, 0.1) is 0 Å². The van der Waals surface area contributed by atoms with E-state index in [0.29, 0.717) is 11.6 Å². The number of benzene rings is 3. The number of carbonyl (C=O) groups is 1. The zero-order chi connectivity index (χ0) is 23.0. The highest BCUT2D eigenvalue weighted by Crippen LogP contribution is 2.22. The maximum Gasteiger partial charge on any atom is 0.251 e. The molecule has 4 rings (SSSR count). The van der Waals surface area contributed by atoms with Crippen molar-refractivity contribution in [2.24, 2.45) is 0 Å². The number of carbonyl (C=O) groups excluding carboxylic acids is 1. The number of ether oxygens (including phenoxy) is 1. The standard InChI is InChI=1S/C28H33N3O2/c1-21(22-8-4-3-5-9-22)30-28(32)23-12-14-26(15-13-23)31-18-16-25(17-19-31)29-20-24-10-6-7-11-27(24)33-2/h3-15,21,25,29H,16-20H2,1-2H3,(H,30,32). The fourth-order valence-corrected chi connectivity index (χ4v) is 4.37. The lowest BCUT2D eigenvalue weighted by atomic mass is 10.0. The third-order valence-electron chi connectivity index (χ3n) is 6.41. The van der Waals surface area contributed by atoms with Gasteiger partial charge in [0.1, 0.15) is 5.75 Å². The molecular formula is C28H33N3O2. The number of methoxy groups -OCH3 is 1. The van der Waals surface area contributed by atoms with E-state index in [9.17, 15) is 4.79 Å². The smallest absolute Gasteiger partial charge is 0.251 e. The molecule has 1 heterocycles. The van der Waals surface area contributed by atoms with Crippen LogP contribution in [0.15, 0.2) is 78.9 Å². The number of amides is 1. The molecule has 3 aromatic carbocycles. The van der Waals surface area contributed by atoms with Crippen LogP contribution in [-0.2, 0) is 6.54 Å². The third kappa shape index (κ3) is 5.93. The normalized spacial score (nSPS) is 15.2. The molecule has 0 saturated carbocycles. The third-order valence-corrected chi connectivity index (χ3v) is 6.41. The number of anilines is 1. The predicted octanol–water partition coefficient (Wildman–Crippen LogP) is 4.94. The summed E-state index contributed by atoms with van der Waals surface area (Å²) in [5.74, 6) is 0.891. The molecule has 1 fully saturated rings. The van der Waals surface area contributed by atoms with Gasteiger partial charge in [-0.3, -0.25) is 4.79 Å². The van der Waals surface area contributed by atoms with Crippen molar-refractivity contribution in [3.05, 3.63) is 95.6 Å². The topological polar surface area (TPSA) is 53.6 Å². The van der Waals surface area contributed by atoms with Gasteiger partial charge in [-0.2, -0.15) is 0 Å². The van der Waals surface area contributed by atoms with Crippen LogP contribution < -0.4 is 20.3 Å². The van der Waals surface area contributed by atoms with Crippen LogP contribution in [0.3, 0.4) is 0 Å². The molecule has 0 radical (unpaired) electrons. The highest BCUT2D eigenvalue weighted by molar-refractivity contribution is 5.94. The van der Waals surface area contributed by atoms with Gasteiger partial charge in [0.05, 0.1) is 13.2 Å². The van der Waals surface area contributed by atoms with E-state index in [1.54, 1.807) is 7.11 Å². The lowest BCUT2D eigenvalue weighted by molar-refractivity contribution is 0.0940. The minimum absolute atomic E-state index is 0.0271. The van der Waals surface area contributed by atoms with E-state index in [4.69, 9.17) is 4.74 Å². The van der Waals surface area contributed by atoms with Gasteiger partial charge in [-0.15, -0.1) is 0 Å². The highest BCUT2D eigenvalue weighted by atomic mass is 16.5.